The Hall–Kier alpha value is -2.05. The lowest BCUT2D eigenvalue weighted by Crippen LogP contribution is -2.43. The Morgan fingerprint density at radius 2 is 1.86 bits per heavy atom. The van der Waals surface area contributed by atoms with Crippen LogP contribution in [0.25, 0.3) is 0 Å². The van der Waals surface area contributed by atoms with Crippen LogP contribution in [0.3, 0.4) is 0 Å². The quantitative estimate of drug-likeness (QED) is 0.278. The molecule has 0 radical (unpaired) electrons. The first-order valence-electron chi connectivity index (χ1n) is 12.5. The molecule has 1 aromatic carbocycles. The average molecular weight is 530 g/mol. The molecule has 202 valence electrons. The number of rotatable bonds is 12. The van der Waals surface area contributed by atoms with Crippen molar-refractivity contribution in [3.05, 3.63) is 41.2 Å². The summed E-state index contributed by atoms with van der Waals surface area (Å²) in [6.07, 6.45) is 4.00. The molecule has 1 fully saturated rings. The van der Waals surface area contributed by atoms with Gasteiger partial charge in [-0.15, -0.1) is 0 Å². The van der Waals surface area contributed by atoms with Crippen LogP contribution in [-0.2, 0) is 35.4 Å². The van der Waals surface area contributed by atoms with Gasteiger partial charge in [-0.3, -0.25) is 4.72 Å². The third-order valence-corrected chi connectivity index (χ3v) is 8.20. The molecule has 2 aliphatic rings. The lowest BCUT2D eigenvalue weighted by atomic mass is 9.94. The number of ether oxygens (including phenoxy) is 3. The first-order valence-corrected chi connectivity index (χ1v) is 14.0. The highest BCUT2D eigenvalue weighted by atomic mass is 32.2. The van der Waals surface area contributed by atoms with Crippen LogP contribution in [0, 0.1) is 5.82 Å². The standard InChI is InChI=1S/C25H36FNO8S/c1-3-5-6-7-8-17-13-18(26)9-10-20(17)27-36(31,32)23-11-12-25(14-19(23)24(30)33-4-2)34-21(15-28)22(16-29)35-25/h9-10,13-14,21-23,27-29H,3-8,11-12,15-16H2,1-2H3. The van der Waals surface area contributed by atoms with Gasteiger partial charge in [0.2, 0.25) is 10.0 Å². The molecule has 0 saturated carbocycles. The van der Waals surface area contributed by atoms with Gasteiger partial charge < -0.3 is 24.4 Å². The van der Waals surface area contributed by atoms with Gasteiger partial charge in [-0.05, 0) is 56.0 Å². The third-order valence-electron chi connectivity index (χ3n) is 6.46. The lowest BCUT2D eigenvalue weighted by Gasteiger charge is -2.33. The second kappa shape index (κ2) is 12.5. The van der Waals surface area contributed by atoms with Gasteiger partial charge >= 0.3 is 5.97 Å². The molecule has 1 aliphatic carbocycles. The number of esters is 1. The predicted octanol–water partition coefficient (Wildman–Crippen LogP) is 2.81. The molecule has 36 heavy (non-hydrogen) atoms. The van der Waals surface area contributed by atoms with Crippen LogP contribution in [0.4, 0.5) is 10.1 Å². The van der Waals surface area contributed by atoms with Gasteiger partial charge in [0.15, 0.2) is 5.79 Å². The Bertz CT molecular complexity index is 1030. The number of carbonyl (C=O) groups excluding carboxylic acids is 1. The van der Waals surface area contributed by atoms with Gasteiger partial charge in [0.1, 0.15) is 23.3 Å². The Morgan fingerprint density at radius 1 is 1.17 bits per heavy atom. The number of carbonyl (C=O) groups is 1. The van der Waals surface area contributed by atoms with E-state index in [0.29, 0.717) is 12.0 Å². The summed E-state index contributed by atoms with van der Waals surface area (Å²) >= 11 is 0. The maximum absolute atomic E-state index is 13.9. The van der Waals surface area contributed by atoms with Crippen molar-refractivity contribution in [3.8, 4) is 0 Å². The predicted molar refractivity (Wildman–Crippen MR) is 131 cm³/mol. The van der Waals surface area contributed by atoms with Gasteiger partial charge in [0.05, 0.1) is 31.1 Å². The molecule has 3 atom stereocenters. The molecule has 3 rings (SSSR count). The molecule has 1 spiro atoms. The second-order valence-corrected chi connectivity index (χ2v) is 11.0. The second-order valence-electron chi connectivity index (χ2n) is 9.10. The van der Waals surface area contributed by atoms with Crippen molar-refractivity contribution >= 4 is 21.7 Å². The number of hydrogen-bond donors (Lipinski definition) is 3. The van der Waals surface area contributed by atoms with Crippen LogP contribution in [0.2, 0.25) is 0 Å². The van der Waals surface area contributed by atoms with Crippen molar-refractivity contribution < 1.29 is 42.0 Å². The Labute approximate surface area is 211 Å². The van der Waals surface area contributed by atoms with Crippen LogP contribution in [0.1, 0.15) is 57.9 Å². The fourth-order valence-corrected chi connectivity index (χ4v) is 6.21. The summed E-state index contributed by atoms with van der Waals surface area (Å²) in [6, 6.07) is 3.91. The number of aryl methyl sites for hydroxylation is 1. The number of benzene rings is 1. The molecule has 0 amide bonds. The van der Waals surface area contributed by atoms with E-state index in [2.05, 4.69) is 11.6 Å². The summed E-state index contributed by atoms with van der Waals surface area (Å²) in [5, 5.41) is 17.9. The number of aliphatic hydroxyl groups is 2. The zero-order valence-electron chi connectivity index (χ0n) is 20.7. The highest BCUT2D eigenvalue weighted by Crippen LogP contribution is 2.41. The highest BCUT2D eigenvalue weighted by molar-refractivity contribution is 7.93. The Kier molecular flexibility index (Phi) is 9.87. The van der Waals surface area contributed by atoms with Crippen LogP contribution in [0.5, 0.6) is 0 Å². The van der Waals surface area contributed by atoms with Gasteiger partial charge in [-0.1, -0.05) is 26.2 Å². The number of halogens is 1. The van der Waals surface area contributed by atoms with E-state index in [1.54, 1.807) is 6.92 Å². The van der Waals surface area contributed by atoms with E-state index in [4.69, 9.17) is 14.2 Å². The van der Waals surface area contributed by atoms with E-state index in [-0.39, 0.29) is 30.7 Å². The molecular formula is C25H36FNO8S. The lowest BCUT2D eigenvalue weighted by molar-refractivity contribution is -0.154. The van der Waals surface area contributed by atoms with Crippen molar-refractivity contribution in [3.63, 3.8) is 0 Å². The third kappa shape index (κ3) is 6.63. The van der Waals surface area contributed by atoms with E-state index < -0.39 is 58.3 Å². The Balaban J connectivity index is 1.89. The first kappa shape index (κ1) is 28.5. The van der Waals surface area contributed by atoms with Gasteiger partial charge in [-0.25, -0.2) is 17.6 Å². The van der Waals surface area contributed by atoms with Crippen molar-refractivity contribution in [2.45, 2.75) is 82.0 Å². The summed E-state index contributed by atoms with van der Waals surface area (Å²) in [4.78, 5) is 12.8. The number of hydrogen-bond acceptors (Lipinski definition) is 8. The van der Waals surface area contributed by atoms with Gasteiger partial charge in [0, 0.05) is 6.42 Å². The smallest absolute Gasteiger partial charge is 0.335 e. The minimum atomic E-state index is -4.16. The van der Waals surface area contributed by atoms with Crippen molar-refractivity contribution in [2.75, 3.05) is 24.5 Å². The van der Waals surface area contributed by atoms with Gasteiger partial charge in [0.25, 0.3) is 0 Å². The zero-order chi connectivity index (χ0) is 26.3. The normalized spacial score (nSPS) is 26.1. The number of aliphatic hydroxyl groups excluding tert-OH is 2. The maximum atomic E-state index is 13.9. The van der Waals surface area contributed by atoms with E-state index in [9.17, 15) is 27.8 Å². The van der Waals surface area contributed by atoms with Crippen LogP contribution in [-0.4, -0.2) is 67.7 Å². The molecule has 9 nitrogen and oxygen atoms in total. The topological polar surface area (TPSA) is 131 Å². The van der Waals surface area contributed by atoms with Crippen LogP contribution in [0.15, 0.2) is 29.8 Å². The number of unbranched alkanes of at least 4 members (excludes halogenated alkanes) is 3. The van der Waals surface area contributed by atoms with E-state index in [1.165, 1.54) is 24.3 Å². The molecule has 3 unspecified atom stereocenters. The minimum Gasteiger partial charge on any atom is -0.463 e. The molecule has 0 aromatic heterocycles. The monoisotopic (exact) mass is 529 g/mol. The fourth-order valence-electron chi connectivity index (χ4n) is 4.64. The molecule has 1 aromatic rings. The molecule has 3 N–H and O–H groups in total. The number of sulfonamides is 1. The fraction of sp³-hybridized carbons (Fsp3) is 0.640. The van der Waals surface area contributed by atoms with E-state index in [1.807, 2.05) is 0 Å². The molecule has 1 heterocycles. The SMILES string of the molecule is CCCCCCc1cc(F)ccc1NS(=O)(=O)C1CCC2(C=C1C(=O)OCC)OC(CO)C(CO)O2. The summed E-state index contributed by atoms with van der Waals surface area (Å²) in [5.41, 5.74) is 0.658. The van der Waals surface area contributed by atoms with Crippen molar-refractivity contribution in [1.82, 2.24) is 0 Å². The summed E-state index contributed by atoms with van der Waals surface area (Å²) < 4.78 is 60.3. The number of anilines is 1. The van der Waals surface area contributed by atoms with Gasteiger partial charge in [-0.2, -0.15) is 0 Å². The number of nitrogens with one attached hydrogen (secondary N) is 1. The van der Waals surface area contributed by atoms with Crippen LogP contribution < -0.4 is 4.72 Å². The molecule has 11 heteroatoms. The molecule has 1 aliphatic heterocycles. The molecular weight excluding hydrogens is 493 g/mol. The highest BCUT2D eigenvalue weighted by Gasteiger charge is 2.51. The summed E-state index contributed by atoms with van der Waals surface area (Å²) in [7, 11) is -4.16. The molecule has 0 bridgehead atoms. The van der Waals surface area contributed by atoms with Crippen LogP contribution >= 0.6 is 0 Å². The maximum Gasteiger partial charge on any atom is 0.335 e. The zero-order valence-corrected chi connectivity index (χ0v) is 21.6. The first-order chi connectivity index (χ1) is 17.2. The Morgan fingerprint density at radius 3 is 2.47 bits per heavy atom. The minimum absolute atomic E-state index is 0.0312. The largest absolute Gasteiger partial charge is 0.463 e. The average Bonchev–Trinajstić information content (AvgIpc) is 3.20. The van der Waals surface area contributed by atoms with E-state index in [0.717, 1.165) is 25.7 Å². The van der Waals surface area contributed by atoms with Crippen molar-refractivity contribution in [1.29, 1.82) is 0 Å². The van der Waals surface area contributed by atoms with E-state index >= 15 is 0 Å². The summed E-state index contributed by atoms with van der Waals surface area (Å²) in [5.74, 6) is -2.75. The molecule has 1 saturated heterocycles. The van der Waals surface area contributed by atoms with Crippen molar-refractivity contribution in [2.24, 2.45) is 0 Å². The summed E-state index contributed by atoms with van der Waals surface area (Å²) in [6.45, 7) is 2.90.